The summed E-state index contributed by atoms with van der Waals surface area (Å²) < 4.78 is 45.7. The van der Waals surface area contributed by atoms with E-state index in [9.17, 15) is 18.3 Å². The summed E-state index contributed by atoms with van der Waals surface area (Å²) in [7, 11) is 0. The van der Waals surface area contributed by atoms with Gasteiger partial charge in [0.05, 0.1) is 12.7 Å². The molecule has 0 saturated carbocycles. The number of rotatable bonds is 6. The number of halogens is 3. The first kappa shape index (κ1) is 15.8. The Morgan fingerprint density at radius 3 is 2.42 bits per heavy atom. The van der Waals surface area contributed by atoms with Crippen molar-refractivity contribution in [1.82, 2.24) is 0 Å². The summed E-state index contributed by atoms with van der Waals surface area (Å²) in [4.78, 5) is 0. The molecule has 6 heteroatoms. The number of hydrogen-bond donors (Lipinski definition) is 1. The molecule has 0 aliphatic carbocycles. The number of para-hydroxylation sites is 1. The highest BCUT2D eigenvalue weighted by Gasteiger charge is 2.28. The van der Waals surface area contributed by atoms with E-state index in [0.29, 0.717) is 11.3 Å². The van der Waals surface area contributed by atoms with Gasteiger partial charge in [-0.3, -0.25) is 0 Å². The molecule has 1 aromatic rings. The average Bonchev–Trinajstić information content (AvgIpc) is 2.27. The summed E-state index contributed by atoms with van der Waals surface area (Å²) in [5.74, 6) is 0.445. The van der Waals surface area contributed by atoms with Crippen LogP contribution in [0.25, 0.3) is 0 Å². The summed E-state index contributed by atoms with van der Waals surface area (Å²) >= 11 is 0. The molecule has 0 amide bonds. The van der Waals surface area contributed by atoms with Gasteiger partial charge in [-0.1, -0.05) is 18.2 Å². The van der Waals surface area contributed by atoms with Crippen molar-refractivity contribution >= 4 is 0 Å². The highest BCUT2D eigenvalue weighted by Crippen LogP contribution is 2.26. The van der Waals surface area contributed by atoms with E-state index in [1.807, 2.05) is 13.8 Å². The number of hydrogen-bond acceptors (Lipinski definition) is 3. The molecule has 0 saturated heterocycles. The van der Waals surface area contributed by atoms with Crippen LogP contribution in [0.1, 0.15) is 25.5 Å². The SMILES string of the molecule is CC(C)Oc1ccccc1C(O)COCC(F)(F)F. The normalized spacial score (nSPS) is 13.6. The van der Waals surface area contributed by atoms with Gasteiger partial charge in [-0.25, -0.2) is 0 Å². The van der Waals surface area contributed by atoms with Crippen molar-refractivity contribution in [2.75, 3.05) is 13.2 Å². The zero-order valence-corrected chi connectivity index (χ0v) is 10.8. The highest BCUT2D eigenvalue weighted by molar-refractivity contribution is 5.35. The average molecular weight is 278 g/mol. The van der Waals surface area contributed by atoms with E-state index in [1.54, 1.807) is 24.3 Å². The molecule has 0 heterocycles. The van der Waals surface area contributed by atoms with E-state index < -0.39 is 25.5 Å². The van der Waals surface area contributed by atoms with Gasteiger partial charge in [0.1, 0.15) is 18.5 Å². The lowest BCUT2D eigenvalue weighted by Gasteiger charge is -2.18. The van der Waals surface area contributed by atoms with E-state index in [2.05, 4.69) is 4.74 Å². The first-order valence-corrected chi connectivity index (χ1v) is 5.87. The molecular formula is C13H17F3O3. The van der Waals surface area contributed by atoms with Crippen LogP contribution in [0.2, 0.25) is 0 Å². The Morgan fingerprint density at radius 2 is 1.84 bits per heavy atom. The van der Waals surface area contributed by atoms with Crippen LogP contribution in [0.4, 0.5) is 13.2 Å². The van der Waals surface area contributed by atoms with Gasteiger partial charge < -0.3 is 14.6 Å². The molecule has 1 aromatic carbocycles. The maximum absolute atomic E-state index is 11.9. The molecule has 1 N–H and O–H groups in total. The van der Waals surface area contributed by atoms with Crippen molar-refractivity contribution in [3.05, 3.63) is 29.8 Å². The third kappa shape index (κ3) is 5.94. The third-order valence-electron chi connectivity index (χ3n) is 2.18. The maximum Gasteiger partial charge on any atom is 0.411 e. The van der Waals surface area contributed by atoms with E-state index in [4.69, 9.17) is 4.74 Å². The van der Waals surface area contributed by atoms with Crippen molar-refractivity contribution in [2.45, 2.75) is 32.2 Å². The first-order chi connectivity index (χ1) is 8.79. The Labute approximate surface area is 110 Å². The lowest BCUT2D eigenvalue weighted by Crippen LogP contribution is -2.20. The first-order valence-electron chi connectivity index (χ1n) is 5.87. The predicted octanol–water partition coefficient (Wildman–Crippen LogP) is 3.09. The van der Waals surface area contributed by atoms with Crippen LogP contribution in [0.5, 0.6) is 5.75 Å². The molecular weight excluding hydrogens is 261 g/mol. The van der Waals surface area contributed by atoms with Crippen LogP contribution >= 0.6 is 0 Å². The van der Waals surface area contributed by atoms with Gasteiger partial charge in [0.25, 0.3) is 0 Å². The van der Waals surface area contributed by atoms with Gasteiger partial charge in [-0.05, 0) is 19.9 Å². The minimum absolute atomic E-state index is 0.0931. The number of alkyl halides is 3. The Hall–Kier alpha value is -1.27. The van der Waals surface area contributed by atoms with Gasteiger partial charge in [-0.15, -0.1) is 0 Å². The predicted molar refractivity (Wildman–Crippen MR) is 64.0 cm³/mol. The topological polar surface area (TPSA) is 38.7 Å². The molecule has 3 nitrogen and oxygen atoms in total. The fourth-order valence-corrected chi connectivity index (χ4v) is 1.49. The summed E-state index contributed by atoms with van der Waals surface area (Å²) in [5, 5.41) is 9.84. The van der Waals surface area contributed by atoms with E-state index in [0.717, 1.165) is 0 Å². The third-order valence-corrected chi connectivity index (χ3v) is 2.18. The van der Waals surface area contributed by atoms with Crippen molar-refractivity contribution in [3.63, 3.8) is 0 Å². The van der Waals surface area contributed by atoms with E-state index in [-0.39, 0.29) is 6.10 Å². The van der Waals surface area contributed by atoms with Crippen LogP contribution in [0, 0.1) is 0 Å². The minimum atomic E-state index is -4.40. The Bertz CT molecular complexity index is 391. The van der Waals surface area contributed by atoms with Crippen LogP contribution in [-0.2, 0) is 4.74 Å². The summed E-state index contributed by atoms with van der Waals surface area (Å²) in [6, 6.07) is 6.65. The smallest absolute Gasteiger partial charge is 0.411 e. The summed E-state index contributed by atoms with van der Waals surface area (Å²) in [5.41, 5.74) is 0.415. The van der Waals surface area contributed by atoms with Crippen LogP contribution in [0.3, 0.4) is 0 Å². The molecule has 1 unspecified atom stereocenters. The molecule has 1 atom stereocenters. The molecule has 108 valence electrons. The lowest BCUT2D eigenvalue weighted by molar-refractivity contribution is -0.179. The van der Waals surface area contributed by atoms with Gasteiger partial charge in [0.2, 0.25) is 0 Å². The van der Waals surface area contributed by atoms with Crippen molar-refractivity contribution in [3.8, 4) is 5.75 Å². The molecule has 1 rings (SSSR count). The van der Waals surface area contributed by atoms with Gasteiger partial charge in [0.15, 0.2) is 0 Å². The Kier molecular flexibility index (Phi) is 5.62. The second-order valence-electron chi connectivity index (χ2n) is 4.35. The lowest BCUT2D eigenvalue weighted by atomic mass is 10.1. The molecule has 0 aromatic heterocycles. The monoisotopic (exact) mass is 278 g/mol. The van der Waals surface area contributed by atoms with Gasteiger partial charge in [-0.2, -0.15) is 13.2 Å². The molecule has 0 bridgehead atoms. The standard InChI is InChI=1S/C13H17F3O3/c1-9(2)19-12-6-4-3-5-10(12)11(17)7-18-8-13(14,15)16/h3-6,9,11,17H,7-8H2,1-2H3. The Morgan fingerprint density at radius 1 is 1.21 bits per heavy atom. The molecule has 0 spiro atoms. The zero-order valence-electron chi connectivity index (χ0n) is 10.8. The summed E-state index contributed by atoms with van der Waals surface area (Å²) in [6.45, 7) is 1.84. The van der Waals surface area contributed by atoms with Crippen LogP contribution < -0.4 is 4.74 Å². The number of aliphatic hydroxyl groups excluding tert-OH is 1. The zero-order chi connectivity index (χ0) is 14.5. The second kappa shape index (κ2) is 6.77. The van der Waals surface area contributed by atoms with E-state index >= 15 is 0 Å². The fourth-order valence-electron chi connectivity index (χ4n) is 1.49. The quantitative estimate of drug-likeness (QED) is 0.869. The number of ether oxygens (including phenoxy) is 2. The largest absolute Gasteiger partial charge is 0.491 e. The molecule has 19 heavy (non-hydrogen) atoms. The van der Waals surface area contributed by atoms with Crippen molar-refractivity contribution in [1.29, 1.82) is 0 Å². The Balaban J connectivity index is 2.63. The molecule has 0 aliphatic heterocycles. The number of aliphatic hydroxyl groups is 1. The van der Waals surface area contributed by atoms with Crippen LogP contribution in [-0.4, -0.2) is 30.6 Å². The molecule has 0 aliphatic rings. The van der Waals surface area contributed by atoms with Gasteiger partial charge >= 0.3 is 6.18 Å². The van der Waals surface area contributed by atoms with Crippen LogP contribution in [0.15, 0.2) is 24.3 Å². The van der Waals surface area contributed by atoms with Crippen molar-refractivity contribution in [2.24, 2.45) is 0 Å². The molecule has 0 fully saturated rings. The maximum atomic E-state index is 11.9. The highest BCUT2D eigenvalue weighted by atomic mass is 19.4. The van der Waals surface area contributed by atoms with E-state index in [1.165, 1.54) is 0 Å². The fraction of sp³-hybridized carbons (Fsp3) is 0.538. The molecule has 0 radical (unpaired) electrons. The second-order valence-corrected chi connectivity index (χ2v) is 4.35. The summed E-state index contributed by atoms with van der Waals surface area (Å²) in [6.07, 6.45) is -5.64. The number of benzene rings is 1. The van der Waals surface area contributed by atoms with Crippen molar-refractivity contribution < 1.29 is 27.8 Å². The minimum Gasteiger partial charge on any atom is -0.491 e. The van der Waals surface area contributed by atoms with Gasteiger partial charge in [0, 0.05) is 5.56 Å².